The van der Waals surface area contributed by atoms with Gasteiger partial charge in [0.15, 0.2) is 0 Å². The maximum atomic E-state index is 2.31. The molecule has 0 amide bonds. The average molecular weight is 140 g/mol. The second kappa shape index (κ2) is 3.80. The third-order valence-electron chi connectivity index (χ3n) is 2.03. The Labute approximate surface area is 65.3 Å². The summed E-state index contributed by atoms with van der Waals surface area (Å²) in [7, 11) is 0. The number of rotatable bonds is 2. The molecular weight excluding hydrogens is 120 g/mol. The van der Waals surface area contributed by atoms with Crippen LogP contribution in [0.25, 0.3) is 0 Å². The monoisotopic (exact) mass is 140 g/mol. The molecule has 0 aliphatic carbocycles. The second-order valence-electron chi connectivity index (χ2n) is 3.99. The zero-order valence-corrected chi connectivity index (χ0v) is 7.94. The van der Waals surface area contributed by atoms with E-state index >= 15 is 0 Å². The van der Waals surface area contributed by atoms with Gasteiger partial charge in [-0.2, -0.15) is 0 Å². The van der Waals surface area contributed by atoms with Crippen molar-refractivity contribution in [2.45, 2.75) is 41.0 Å². The van der Waals surface area contributed by atoms with Crippen molar-refractivity contribution in [3.8, 4) is 0 Å². The van der Waals surface area contributed by atoms with Gasteiger partial charge in [0.25, 0.3) is 0 Å². The Balaban J connectivity index is 3.84. The molecule has 0 aromatic carbocycles. The summed E-state index contributed by atoms with van der Waals surface area (Å²) in [6, 6.07) is 0. The summed E-state index contributed by atoms with van der Waals surface area (Å²) in [5, 5.41) is 0. The summed E-state index contributed by atoms with van der Waals surface area (Å²) >= 11 is 0. The maximum Gasteiger partial charge on any atom is -0.0213 e. The van der Waals surface area contributed by atoms with E-state index in [1.807, 2.05) is 0 Å². The first-order valence-electron chi connectivity index (χ1n) is 4.15. The van der Waals surface area contributed by atoms with Crippen molar-refractivity contribution in [1.82, 2.24) is 0 Å². The molecule has 0 aliphatic rings. The molecule has 0 heteroatoms. The largest absolute Gasteiger partial charge is 0.0885 e. The molecule has 0 N–H and O–H groups in total. The molecule has 0 saturated carbocycles. The van der Waals surface area contributed by atoms with Crippen LogP contribution in [0.3, 0.4) is 0 Å². The smallest absolute Gasteiger partial charge is 0.0213 e. The summed E-state index contributed by atoms with van der Waals surface area (Å²) in [5.41, 5.74) is 0.422. The minimum absolute atomic E-state index is 0.422. The highest BCUT2D eigenvalue weighted by Crippen LogP contribution is 2.26. The molecule has 10 heavy (non-hydrogen) atoms. The molecule has 0 fully saturated rings. The van der Waals surface area contributed by atoms with Crippen molar-refractivity contribution in [3.05, 3.63) is 12.2 Å². The van der Waals surface area contributed by atoms with Gasteiger partial charge in [-0.3, -0.25) is 0 Å². The summed E-state index contributed by atoms with van der Waals surface area (Å²) in [4.78, 5) is 0. The molecule has 0 spiro atoms. The lowest BCUT2D eigenvalue weighted by Crippen LogP contribution is -2.14. The number of hydrogen-bond donors (Lipinski definition) is 0. The van der Waals surface area contributed by atoms with Gasteiger partial charge in [-0.05, 0) is 17.8 Å². The van der Waals surface area contributed by atoms with Crippen LogP contribution >= 0.6 is 0 Å². The molecule has 0 radical (unpaired) electrons. The van der Waals surface area contributed by atoms with Crippen molar-refractivity contribution in [1.29, 1.82) is 0 Å². The molecule has 0 aromatic heterocycles. The van der Waals surface area contributed by atoms with Crippen molar-refractivity contribution < 1.29 is 0 Å². The molecule has 0 aliphatic heterocycles. The highest BCUT2D eigenvalue weighted by Gasteiger charge is 2.16. The Kier molecular flexibility index (Phi) is 3.70. The third-order valence-corrected chi connectivity index (χ3v) is 2.03. The Bertz CT molecular complexity index is 104. The van der Waals surface area contributed by atoms with E-state index in [0.717, 1.165) is 6.42 Å². The Morgan fingerprint density at radius 2 is 1.80 bits per heavy atom. The van der Waals surface area contributed by atoms with Crippen LogP contribution in [-0.4, -0.2) is 0 Å². The van der Waals surface area contributed by atoms with Gasteiger partial charge < -0.3 is 0 Å². The lowest BCUT2D eigenvalue weighted by Gasteiger charge is -2.24. The van der Waals surface area contributed by atoms with Gasteiger partial charge in [0.05, 0.1) is 0 Å². The molecule has 0 rings (SSSR count). The SMILES string of the molecule is CC/C=C/[C@@H](C)C(C)(C)C. The van der Waals surface area contributed by atoms with Crippen LogP contribution in [0.4, 0.5) is 0 Å². The van der Waals surface area contributed by atoms with Crippen molar-refractivity contribution >= 4 is 0 Å². The van der Waals surface area contributed by atoms with Gasteiger partial charge >= 0.3 is 0 Å². The third kappa shape index (κ3) is 3.71. The molecule has 1 atom stereocenters. The van der Waals surface area contributed by atoms with E-state index in [4.69, 9.17) is 0 Å². The summed E-state index contributed by atoms with van der Waals surface area (Å²) in [5.74, 6) is 0.687. The van der Waals surface area contributed by atoms with Crippen LogP contribution in [0.5, 0.6) is 0 Å². The molecule has 0 heterocycles. The normalized spacial score (nSPS) is 16.1. The minimum atomic E-state index is 0.422. The molecule has 0 aromatic rings. The quantitative estimate of drug-likeness (QED) is 0.514. The van der Waals surface area contributed by atoms with Crippen LogP contribution < -0.4 is 0 Å². The summed E-state index contributed by atoms with van der Waals surface area (Å²) in [6.07, 6.45) is 5.70. The lowest BCUT2D eigenvalue weighted by atomic mass is 9.82. The van der Waals surface area contributed by atoms with Gasteiger partial charge in [-0.1, -0.05) is 46.8 Å². The van der Waals surface area contributed by atoms with Crippen molar-refractivity contribution in [2.24, 2.45) is 11.3 Å². The molecule has 0 unspecified atom stereocenters. The fourth-order valence-electron chi connectivity index (χ4n) is 0.629. The Hall–Kier alpha value is -0.260. The van der Waals surface area contributed by atoms with Crippen molar-refractivity contribution in [3.63, 3.8) is 0 Å². The highest BCUT2D eigenvalue weighted by atomic mass is 14.2. The standard InChI is InChI=1S/C10H20/c1-6-7-8-9(2)10(3,4)5/h7-9H,6H2,1-5H3/b8-7+/t9-/m1/s1. The molecule has 0 bridgehead atoms. The predicted molar refractivity (Wildman–Crippen MR) is 48.1 cm³/mol. The molecule has 0 saturated heterocycles. The molecule has 0 nitrogen and oxygen atoms in total. The van der Waals surface area contributed by atoms with Crippen LogP contribution in [0.1, 0.15) is 41.0 Å². The second-order valence-corrected chi connectivity index (χ2v) is 3.99. The van der Waals surface area contributed by atoms with Crippen LogP contribution in [0.2, 0.25) is 0 Å². The fourth-order valence-corrected chi connectivity index (χ4v) is 0.629. The summed E-state index contributed by atoms with van der Waals surface area (Å²) in [6.45, 7) is 11.3. The van der Waals surface area contributed by atoms with Gasteiger partial charge in [0.2, 0.25) is 0 Å². The number of hydrogen-bond acceptors (Lipinski definition) is 0. The molecule has 60 valence electrons. The van der Waals surface area contributed by atoms with Crippen molar-refractivity contribution in [2.75, 3.05) is 0 Å². The van der Waals surface area contributed by atoms with E-state index in [1.165, 1.54) is 0 Å². The number of allylic oxidation sites excluding steroid dienone is 2. The van der Waals surface area contributed by atoms with E-state index in [-0.39, 0.29) is 0 Å². The molecular formula is C10H20. The average Bonchev–Trinajstić information content (AvgIpc) is 1.80. The zero-order valence-electron chi connectivity index (χ0n) is 7.94. The van der Waals surface area contributed by atoms with E-state index in [1.54, 1.807) is 0 Å². The van der Waals surface area contributed by atoms with Gasteiger partial charge in [-0.15, -0.1) is 0 Å². The van der Waals surface area contributed by atoms with Gasteiger partial charge in [-0.25, -0.2) is 0 Å². The summed E-state index contributed by atoms with van der Waals surface area (Å²) < 4.78 is 0. The fraction of sp³-hybridized carbons (Fsp3) is 0.800. The first-order chi connectivity index (χ1) is 4.48. The van der Waals surface area contributed by atoms with E-state index in [9.17, 15) is 0 Å². The van der Waals surface area contributed by atoms with Crippen LogP contribution in [0.15, 0.2) is 12.2 Å². The van der Waals surface area contributed by atoms with Crippen LogP contribution in [-0.2, 0) is 0 Å². The first-order valence-corrected chi connectivity index (χ1v) is 4.15. The highest BCUT2D eigenvalue weighted by molar-refractivity contribution is 4.90. The van der Waals surface area contributed by atoms with E-state index in [2.05, 4.69) is 46.8 Å². The predicted octanol–water partition coefficient (Wildman–Crippen LogP) is 3.63. The Morgan fingerprint density at radius 1 is 1.30 bits per heavy atom. The topological polar surface area (TPSA) is 0 Å². The van der Waals surface area contributed by atoms with Gasteiger partial charge in [0.1, 0.15) is 0 Å². The van der Waals surface area contributed by atoms with Crippen LogP contribution in [0, 0.1) is 11.3 Å². The zero-order chi connectivity index (χ0) is 8.20. The Morgan fingerprint density at radius 3 is 2.10 bits per heavy atom. The maximum absolute atomic E-state index is 2.31. The lowest BCUT2D eigenvalue weighted by molar-refractivity contribution is 0.314. The van der Waals surface area contributed by atoms with Gasteiger partial charge in [0, 0.05) is 0 Å². The van der Waals surface area contributed by atoms with E-state index < -0.39 is 0 Å². The minimum Gasteiger partial charge on any atom is -0.0885 e. The first kappa shape index (κ1) is 9.74. The van der Waals surface area contributed by atoms with E-state index in [0.29, 0.717) is 11.3 Å².